The van der Waals surface area contributed by atoms with Crippen molar-refractivity contribution in [3.05, 3.63) is 23.8 Å². The van der Waals surface area contributed by atoms with Crippen molar-refractivity contribution in [3.63, 3.8) is 0 Å². The number of unbranched alkanes of at least 4 members (excludes halogenated alkanes) is 1. The Kier molecular flexibility index (Phi) is 7.42. The first-order valence-electron chi connectivity index (χ1n) is 6.52. The number of thiocarbonyl (C=S) groups is 1. The Labute approximate surface area is 125 Å². The molecular weight excluding hydrogens is 274 g/mol. The highest BCUT2D eigenvalue weighted by Crippen LogP contribution is 2.27. The molecule has 0 amide bonds. The zero-order valence-corrected chi connectivity index (χ0v) is 12.9. The van der Waals surface area contributed by atoms with E-state index in [0.717, 1.165) is 29.9 Å². The number of hydrogen-bond acceptors (Lipinski definition) is 4. The van der Waals surface area contributed by atoms with Gasteiger partial charge in [-0.15, -0.1) is 0 Å². The summed E-state index contributed by atoms with van der Waals surface area (Å²) >= 11 is 4.93. The zero-order chi connectivity index (χ0) is 14.8. The van der Waals surface area contributed by atoms with Crippen LogP contribution in [0.5, 0.6) is 11.5 Å². The van der Waals surface area contributed by atoms with Crippen molar-refractivity contribution in [2.45, 2.75) is 19.8 Å². The van der Waals surface area contributed by atoms with Crippen LogP contribution in [0, 0.1) is 0 Å². The number of hydrogen-bond donors (Lipinski definition) is 2. The Bertz CT molecular complexity index is 464. The molecule has 0 aliphatic carbocycles. The summed E-state index contributed by atoms with van der Waals surface area (Å²) in [6.07, 6.45) is 3.78. The molecule has 0 heterocycles. The summed E-state index contributed by atoms with van der Waals surface area (Å²) in [5.74, 6) is 1.44. The van der Waals surface area contributed by atoms with Gasteiger partial charge in [-0.3, -0.25) is 5.43 Å². The van der Waals surface area contributed by atoms with Gasteiger partial charge in [0.25, 0.3) is 0 Å². The highest BCUT2D eigenvalue weighted by Gasteiger charge is 2.04. The van der Waals surface area contributed by atoms with Crippen LogP contribution in [0.3, 0.4) is 0 Å². The molecule has 2 N–H and O–H groups in total. The van der Waals surface area contributed by atoms with Crippen molar-refractivity contribution in [2.24, 2.45) is 5.10 Å². The molecule has 110 valence electrons. The van der Waals surface area contributed by atoms with Crippen molar-refractivity contribution in [1.82, 2.24) is 10.7 Å². The number of rotatable bonds is 7. The molecule has 1 aromatic rings. The van der Waals surface area contributed by atoms with Gasteiger partial charge in [0.15, 0.2) is 16.6 Å². The Hall–Kier alpha value is -1.82. The highest BCUT2D eigenvalue weighted by molar-refractivity contribution is 7.80. The van der Waals surface area contributed by atoms with Crippen LogP contribution >= 0.6 is 12.2 Å². The van der Waals surface area contributed by atoms with E-state index >= 15 is 0 Å². The van der Waals surface area contributed by atoms with E-state index in [2.05, 4.69) is 22.8 Å². The maximum absolute atomic E-state index is 5.71. The van der Waals surface area contributed by atoms with Gasteiger partial charge < -0.3 is 14.8 Å². The quantitative estimate of drug-likeness (QED) is 0.350. The monoisotopic (exact) mass is 295 g/mol. The first-order valence-corrected chi connectivity index (χ1v) is 6.93. The summed E-state index contributed by atoms with van der Waals surface area (Å²) < 4.78 is 11.0. The molecule has 0 unspecified atom stereocenters. The van der Waals surface area contributed by atoms with Gasteiger partial charge in [0.05, 0.1) is 19.9 Å². The first-order chi connectivity index (χ1) is 9.71. The summed E-state index contributed by atoms with van der Waals surface area (Å²) in [4.78, 5) is 0. The van der Waals surface area contributed by atoms with Crippen LogP contribution in [0.1, 0.15) is 25.3 Å². The minimum Gasteiger partial charge on any atom is -0.493 e. The van der Waals surface area contributed by atoms with E-state index in [9.17, 15) is 0 Å². The summed E-state index contributed by atoms with van der Waals surface area (Å²) in [5, 5.41) is 7.27. The molecule has 0 saturated heterocycles. The SMILES string of the molecule is CCCCOc1cc(/C=N\NC(=S)NC)ccc1OC. The minimum atomic E-state index is 0.467. The van der Waals surface area contributed by atoms with Gasteiger partial charge in [-0.05, 0) is 42.4 Å². The summed E-state index contributed by atoms with van der Waals surface area (Å²) in [6.45, 7) is 2.80. The van der Waals surface area contributed by atoms with Gasteiger partial charge in [-0.1, -0.05) is 13.3 Å². The second-order valence-corrected chi connectivity index (χ2v) is 4.47. The normalized spacial score (nSPS) is 10.3. The molecule has 1 aromatic carbocycles. The summed E-state index contributed by atoms with van der Waals surface area (Å²) in [7, 11) is 3.36. The van der Waals surface area contributed by atoms with E-state index in [4.69, 9.17) is 21.7 Å². The number of hydrazone groups is 1. The third-order valence-electron chi connectivity index (χ3n) is 2.55. The molecule has 0 fully saturated rings. The third-order valence-corrected chi connectivity index (χ3v) is 2.85. The van der Waals surface area contributed by atoms with Gasteiger partial charge in [0.1, 0.15) is 0 Å². The van der Waals surface area contributed by atoms with Gasteiger partial charge in [-0.2, -0.15) is 5.10 Å². The second-order valence-electron chi connectivity index (χ2n) is 4.06. The van der Waals surface area contributed by atoms with E-state index in [1.807, 2.05) is 18.2 Å². The van der Waals surface area contributed by atoms with Crippen LogP contribution in [0.4, 0.5) is 0 Å². The Balaban J connectivity index is 2.72. The van der Waals surface area contributed by atoms with E-state index < -0.39 is 0 Å². The highest BCUT2D eigenvalue weighted by atomic mass is 32.1. The molecule has 0 saturated carbocycles. The predicted octanol–water partition coefficient (Wildman–Crippen LogP) is 2.30. The molecule has 0 aliphatic heterocycles. The zero-order valence-electron chi connectivity index (χ0n) is 12.1. The molecular formula is C14H21N3O2S. The lowest BCUT2D eigenvalue weighted by molar-refractivity contribution is 0.288. The molecule has 0 radical (unpaired) electrons. The first kappa shape index (κ1) is 16.2. The maximum atomic E-state index is 5.71. The fourth-order valence-electron chi connectivity index (χ4n) is 1.43. The minimum absolute atomic E-state index is 0.467. The third kappa shape index (κ3) is 5.44. The number of benzene rings is 1. The maximum Gasteiger partial charge on any atom is 0.186 e. The molecule has 0 aromatic heterocycles. The fraction of sp³-hybridized carbons (Fsp3) is 0.429. The molecule has 0 atom stereocenters. The van der Waals surface area contributed by atoms with Crippen molar-refractivity contribution in [1.29, 1.82) is 0 Å². The Morgan fingerprint density at radius 3 is 2.85 bits per heavy atom. The number of nitrogens with one attached hydrogen (secondary N) is 2. The molecule has 0 bridgehead atoms. The molecule has 0 spiro atoms. The van der Waals surface area contributed by atoms with Crippen molar-refractivity contribution >= 4 is 23.5 Å². The fourth-order valence-corrected chi connectivity index (χ4v) is 1.49. The molecule has 0 aliphatic rings. The van der Waals surface area contributed by atoms with Crippen molar-refractivity contribution < 1.29 is 9.47 Å². The average Bonchev–Trinajstić information content (AvgIpc) is 2.47. The lowest BCUT2D eigenvalue weighted by Crippen LogP contribution is -2.28. The van der Waals surface area contributed by atoms with Crippen LogP contribution < -0.4 is 20.2 Å². The molecule has 6 heteroatoms. The van der Waals surface area contributed by atoms with Gasteiger partial charge in [0, 0.05) is 7.05 Å². The lowest BCUT2D eigenvalue weighted by atomic mass is 10.2. The van der Waals surface area contributed by atoms with Crippen LogP contribution in [-0.2, 0) is 0 Å². The van der Waals surface area contributed by atoms with Crippen molar-refractivity contribution in [3.8, 4) is 11.5 Å². The van der Waals surface area contributed by atoms with Gasteiger partial charge in [0.2, 0.25) is 0 Å². The largest absolute Gasteiger partial charge is 0.493 e. The van der Waals surface area contributed by atoms with Crippen LogP contribution in [-0.4, -0.2) is 32.1 Å². The Morgan fingerprint density at radius 1 is 1.40 bits per heavy atom. The van der Waals surface area contributed by atoms with Gasteiger partial charge in [-0.25, -0.2) is 0 Å². The van der Waals surface area contributed by atoms with E-state index in [0.29, 0.717) is 11.7 Å². The number of methoxy groups -OCH3 is 1. The Morgan fingerprint density at radius 2 is 2.20 bits per heavy atom. The van der Waals surface area contributed by atoms with Gasteiger partial charge >= 0.3 is 0 Å². The topological polar surface area (TPSA) is 54.9 Å². The smallest absolute Gasteiger partial charge is 0.186 e. The standard InChI is InChI=1S/C14H21N3O2S/c1-4-5-8-19-13-9-11(6-7-12(13)18-3)10-16-17-14(20)15-2/h6-7,9-10H,4-5,8H2,1-3H3,(H2,15,17,20)/b16-10-. The van der Waals surface area contributed by atoms with E-state index in [1.165, 1.54) is 0 Å². The lowest BCUT2D eigenvalue weighted by Gasteiger charge is -2.10. The molecule has 5 nitrogen and oxygen atoms in total. The molecule has 1 rings (SSSR count). The number of nitrogens with zero attached hydrogens (tertiary/aromatic N) is 1. The predicted molar refractivity (Wildman–Crippen MR) is 85.8 cm³/mol. The molecule has 20 heavy (non-hydrogen) atoms. The van der Waals surface area contributed by atoms with Crippen LogP contribution in [0.25, 0.3) is 0 Å². The van der Waals surface area contributed by atoms with Crippen molar-refractivity contribution in [2.75, 3.05) is 20.8 Å². The second kappa shape index (κ2) is 9.14. The number of ether oxygens (including phenoxy) is 2. The summed E-state index contributed by atoms with van der Waals surface area (Å²) in [6, 6.07) is 5.65. The summed E-state index contributed by atoms with van der Waals surface area (Å²) in [5.41, 5.74) is 3.61. The van der Waals surface area contributed by atoms with Crippen LogP contribution in [0.2, 0.25) is 0 Å². The average molecular weight is 295 g/mol. The van der Waals surface area contributed by atoms with E-state index in [-0.39, 0.29) is 0 Å². The van der Waals surface area contributed by atoms with E-state index in [1.54, 1.807) is 20.4 Å². The van der Waals surface area contributed by atoms with Crippen LogP contribution in [0.15, 0.2) is 23.3 Å².